The maximum atomic E-state index is 11.4. The van der Waals surface area contributed by atoms with Gasteiger partial charge in [0.25, 0.3) is 5.41 Å². The van der Waals surface area contributed by atoms with Gasteiger partial charge in [-0.2, -0.15) is 0 Å². The van der Waals surface area contributed by atoms with Crippen LogP contribution in [0.2, 0.25) is 0 Å². The highest BCUT2D eigenvalue weighted by molar-refractivity contribution is 6.18. The van der Waals surface area contributed by atoms with E-state index >= 15 is 0 Å². The Morgan fingerprint density at radius 3 is 1.17 bits per heavy atom. The molecule has 8 nitrogen and oxygen atoms in total. The van der Waals surface area contributed by atoms with E-state index in [0.29, 0.717) is 6.42 Å². The number of carbonyl (C=O) groups is 4. The standard InChI is InChI=1S/C21H36O8/c1-2-3-4-5-6-7-8-9-10-11-12-13-14-15-16(17(22)23)21(18(24)25,19(26)27)20(28)29/h16H,2-15H2,1H3,(H,22,23)(H,24,25)(H,26,27)(H,28,29). The van der Waals surface area contributed by atoms with Crippen LogP contribution in [0.25, 0.3) is 0 Å². The summed E-state index contributed by atoms with van der Waals surface area (Å²) in [5, 5.41) is 36.7. The van der Waals surface area contributed by atoms with Gasteiger partial charge < -0.3 is 20.4 Å². The lowest BCUT2D eigenvalue weighted by molar-refractivity contribution is -0.186. The van der Waals surface area contributed by atoms with Crippen molar-refractivity contribution in [3.05, 3.63) is 0 Å². The second-order valence-electron chi connectivity index (χ2n) is 7.65. The van der Waals surface area contributed by atoms with Crippen LogP contribution in [-0.4, -0.2) is 44.3 Å². The molecular weight excluding hydrogens is 380 g/mol. The Morgan fingerprint density at radius 1 is 0.586 bits per heavy atom. The lowest BCUT2D eigenvalue weighted by Crippen LogP contribution is -2.54. The number of carboxylic acids is 4. The lowest BCUT2D eigenvalue weighted by atomic mass is 9.72. The molecule has 0 spiro atoms. The molecule has 0 aliphatic heterocycles. The monoisotopic (exact) mass is 416 g/mol. The number of aliphatic carboxylic acids is 4. The third kappa shape index (κ3) is 8.83. The molecule has 0 fully saturated rings. The van der Waals surface area contributed by atoms with Crippen LogP contribution in [0.15, 0.2) is 0 Å². The van der Waals surface area contributed by atoms with Gasteiger partial charge in [0, 0.05) is 0 Å². The molecule has 0 radical (unpaired) electrons. The predicted molar refractivity (Wildman–Crippen MR) is 107 cm³/mol. The first-order valence-corrected chi connectivity index (χ1v) is 10.7. The van der Waals surface area contributed by atoms with Crippen molar-refractivity contribution in [1.29, 1.82) is 0 Å². The molecule has 4 N–H and O–H groups in total. The van der Waals surface area contributed by atoms with Crippen molar-refractivity contribution in [2.45, 2.75) is 96.8 Å². The molecule has 0 aliphatic carbocycles. The van der Waals surface area contributed by atoms with Crippen molar-refractivity contribution in [2.24, 2.45) is 11.3 Å². The molecule has 0 bridgehead atoms. The van der Waals surface area contributed by atoms with E-state index in [-0.39, 0.29) is 12.8 Å². The average Bonchev–Trinajstić information content (AvgIpc) is 2.63. The summed E-state index contributed by atoms with van der Waals surface area (Å²) in [6.07, 6.45) is 13.4. The summed E-state index contributed by atoms with van der Waals surface area (Å²) in [5.74, 6) is -10.3. The Labute approximate surface area is 172 Å². The van der Waals surface area contributed by atoms with Gasteiger partial charge in [-0.3, -0.25) is 19.2 Å². The van der Waals surface area contributed by atoms with E-state index < -0.39 is 35.2 Å². The van der Waals surface area contributed by atoms with E-state index in [4.69, 9.17) is 15.3 Å². The van der Waals surface area contributed by atoms with Crippen molar-refractivity contribution in [3.63, 3.8) is 0 Å². The first kappa shape index (κ1) is 26.9. The molecule has 0 aliphatic rings. The Morgan fingerprint density at radius 2 is 0.897 bits per heavy atom. The minimum absolute atomic E-state index is 0.268. The van der Waals surface area contributed by atoms with Crippen LogP contribution in [0.5, 0.6) is 0 Å². The van der Waals surface area contributed by atoms with Gasteiger partial charge in [0.05, 0.1) is 5.92 Å². The van der Waals surface area contributed by atoms with E-state index in [1.54, 1.807) is 0 Å². The van der Waals surface area contributed by atoms with Crippen LogP contribution >= 0.6 is 0 Å². The lowest BCUT2D eigenvalue weighted by Gasteiger charge is -2.26. The molecule has 0 amide bonds. The van der Waals surface area contributed by atoms with Crippen LogP contribution in [0.4, 0.5) is 0 Å². The van der Waals surface area contributed by atoms with Gasteiger partial charge in [0.1, 0.15) is 0 Å². The van der Waals surface area contributed by atoms with Crippen LogP contribution in [0.1, 0.15) is 96.8 Å². The molecule has 0 saturated carbocycles. The van der Waals surface area contributed by atoms with Gasteiger partial charge >= 0.3 is 23.9 Å². The van der Waals surface area contributed by atoms with E-state index in [0.717, 1.165) is 25.7 Å². The molecule has 29 heavy (non-hydrogen) atoms. The summed E-state index contributed by atoms with van der Waals surface area (Å²) in [6, 6.07) is 0. The van der Waals surface area contributed by atoms with E-state index in [9.17, 15) is 24.3 Å². The first-order valence-electron chi connectivity index (χ1n) is 10.7. The first-order chi connectivity index (χ1) is 13.7. The quantitative estimate of drug-likeness (QED) is 0.179. The van der Waals surface area contributed by atoms with Crippen molar-refractivity contribution >= 4 is 23.9 Å². The number of rotatable bonds is 19. The maximum absolute atomic E-state index is 11.4. The second kappa shape index (κ2) is 14.8. The SMILES string of the molecule is CCCCCCCCCCCCCCCC(C(=O)O)C(C(=O)O)(C(=O)O)C(=O)O. The topological polar surface area (TPSA) is 149 Å². The summed E-state index contributed by atoms with van der Waals surface area (Å²) in [5.41, 5.74) is -3.37. The van der Waals surface area contributed by atoms with Crippen molar-refractivity contribution < 1.29 is 39.6 Å². The Hall–Kier alpha value is -2.12. The van der Waals surface area contributed by atoms with E-state index in [1.165, 1.54) is 44.9 Å². The molecule has 1 unspecified atom stereocenters. The molecule has 1 atom stereocenters. The highest BCUT2D eigenvalue weighted by atomic mass is 16.4. The van der Waals surface area contributed by atoms with Crippen LogP contribution < -0.4 is 0 Å². The minimum atomic E-state index is -3.37. The van der Waals surface area contributed by atoms with Gasteiger partial charge in [-0.25, -0.2) is 0 Å². The zero-order valence-electron chi connectivity index (χ0n) is 17.4. The molecule has 0 aromatic carbocycles. The number of carboxylic acid groups (broad SMARTS) is 4. The fourth-order valence-corrected chi connectivity index (χ4v) is 3.61. The highest BCUT2D eigenvalue weighted by Gasteiger charge is 2.62. The van der Waals surface area contributed by atoms with Crippen LogP contribution in [0, 0.1) is 11.3 Å². The van der Waals surface area contributed by atoms with Crippen molar-refractivity contribution in [2.75, 3.05) is 0 Å². The van der Waals surface area contributed by atoms with E-state index in [1.807, 2.05) is 0 Å². The molecule has 0 rings (SSSR count). The summed E-state index contributed by atoms with van der Waals surface area (Å²) >= 11 is 0. The van der Waals surface area contributed by atoms with Gasteiger partial charge in [-0.05, 0) is 6.42 Å². The van der Waals surface area contributed by atoms with Gasteiger partial charge in [0.15, 0.2) is 0 Å². The highest BCUT2D eigenvalue weighted by Crippen LogP contribution is 2.34. The number of hydrogen-bond donors (Lipinski definition) is 4. The molecule has 0 heterocycles. The van der Waals surface area contributed by atoms with E-state index in [2.05, 4.69) is 6.92 Å². The van der Waals surface area contributed by atoms with Crippen LogP contribution in [-0.2, 0) is 19.2 Å². The fraction of sp³-hybridized carbons (Fsp3) is 0.810. The molecule has 8 heteroatoms. The zero-order valence-corrected chi connectivity index (χ0v) is 17.4. The predicted octanol–water partition coefficient (Wildman–Crippen LogP) is 4.41. The van der Waals surface area contributed by atoms with Crippen LogP contribution in [0.3, 0.4) is 0 Å². The molecule has 0 aromatic heterocycles. The Balaban J connectivity index is 4.22. The van der Waals surface area contributed by atoms with Crippen molar-refractivity contribution in [3.8, 4) is 0 Å². The molecular formula is C21H36O8. The molecule has 168 valence electrons. The smallest absolute Gasteiger partial charge is 0.333 e. The molecule has 0 saturated heterocycles. The summed E-state index contributed by atoms with van der Waals surface area (Å²) < 4.78 is 0. The maximum Gasteiger partial charge on any atom is 0.333 e. The number of hydrogen-bond acceptors (Lipinski definition) is 4. The Bertz CT molecular complexity index is 493. The third-order valence-corrected chi connectivity index (χ3v) is 5.43. The summed E-state index contributed by atoms with van der Waals surface area (Å²) in [4.78, 5) is 45.5. The van der Waals surface area contributed by atoms with Gasteiger partial charge in [-0.15, -0.1) is 0 Å². The number of unbranched alkanes of at least 4 members (excludes halogenated alkanes) is 12. The largest absolute Gasteiger partial charge is 0.481 e. The van der Waals surface area contributed by atoms with Crippen molar-refractivity contribution in [1.82, 2.24) is 0 Å². The van der Waals surface area contributed by atoms with Gasteiger partial charge in [0.2, 0.25) is 0 Å². The zero-order chi connectivity index (χ0) is 22.3. The average molecular weight is 417 g/mol. The Kier molecular flexibility index (Phi) is 13.7. The second-order valence-corrected chi connectivity index (χ2v) is 7.65. The fourth-order valence-electron chi connectivity index (χ4n) is 3.61. The summed E-state index contributed by atoms with van der Waals surface area (Å²) in [6.45, 7) is 2.20. The molecule has 0 aromatic rings. The summed E-state index contributed by atoms with van der Waals surface area (Å²) in [7, 11) is 0. The van der Waals surface area contributed by atoms with Gasteiger partial charge in [-0.1, -0.05) is 90.4 Å². The normalized spacial score (nSPS) is 12.4. The minimum Gasteiger partial charge on any atom is -0.481 e. The third-order valence-electron chi connectivity index (χ3n) is 5.43.